The number of methoxy groups -OCH3 is 1. The number of hydrogen-bond acceptors (Lipinski definition) is 2. The second kappa shape index (κ2) is 6.97. The summed E-state index contributed by atoms with van der Waals surface area (Å²) in [5, 5.41) is 2.19. The van der Waals surface area contributed by atoms with E-state index in [4.69, 9.17) is 10.5 Å². The Morgan fingerprint density at radius 2 is 1.79 bits per heavy atom. The van der Waals surface area contributed by atoms with Gasteiger partial charge < -0.3 is 10.5 Å². The smallest absolute Gasteiger partial charge is 0.159 e. The number of nitrogens with two attached hydrogens (primary N) is 1. The van der Waals surface area contributed by atoms with Crippen LogP contribution in [0, 0.1) is 11.6 Å². The average Bonchev–Trinajstić information content (AvgIpc) is 2.62. The van der Waals surface area contributed by atoms with Crippen molar-refractivity contribution in [3.63, 3.8) is 0 Å². The first-order valence-electron chi connectivity index (χ1n) is 7.83. The highest BCUT2D eigenvalue weighted by Gasteiger charge is 2.17. The summed E-state index contributed by atoms with van der Waals surface area (Å²) in [5.41, 5.74) is 7.63. The second-order valence-electron chi connectivity index (χ2n) is 5.78. The lowest BCUT2D eigenvalue weighted by atomic mass is 9.89. The van der Waals surface area contributed by atoms with E-state index in [9.17, 15) is 8.78 Å². The molecule has 0 radical (unpaired) electrons. The Morgan fingerprint density at radius 1 is 1.00 bits per heavy atom. The van der Waals surface area contributed by atoms with Crippen LogP contribution in [0.25, 0.3) is 10.8 Å². The summed E-state index contributed by atoms with van der Waals surface area (Å²) >= 11 is 0. The van der Waals surface area contributed by atoms with E-state index in [0.29, 0.717) is 18.5 Å². The fourth-order valence-corrected chi connectivity index (χ4v) is 3.07. The van der Waals surface area contributed by atoms with Gasteiger partial charge in [-0.3, -0.25) is 0 Å². The average molecular weight is 327 g/mol. The summed E-state index contributed by atoms with van der Waals surface area (Å²) in [5.74, 6) is -1.05. The maximum absolute atomic E-state index is 13.6. The molecule has 0 aliphatic carbocycles. The minimum absolute atomic E-state index is 0.125. The highest BCUT2D eigenvalue weighted by molar-refractivity contribution is 5.87. The molecule has 0 aliphatic heterocycles. The van der Waals surface area contributed by atoms with Crippen molar-refractivity contribution < 1.29 is 13.5 Å². The van der Waals surface area contributed by atoms with Crippen LogP contribution in [0.2, 0.25) is 0 Å². The molecule has 1 unspecified atom stereocenters. The minimum atomic E-state index is -0.851. The Morgan fingerprint density at radius 3 is 2.50 bits per heavy atom. The predicted octanol–water partition coefficient (Wildman–Crippen LogP) is 4.41. The monoisotopic (exact) mass is 327 g/mol. The van der Waals surface area contributed by atoms with Crippen LogP contribution in [0.4, 0.5) is 8.78 Å². The Labute approximate surface area is 139 Å². The minimum Gasteiger partial charge on any atom is -0.496 e. The molecule has 124 valence electrons. The van der Waals surface area contributed by atoms with E-state index in [2.05, 4.69) is 0 Å². The van der Waals surface area contributed by atoms with E-state index in [1.807, 2.05) is 36.4 Å². The van der Waals surface area contributed by atoms with Gasteiger partial charge in [0, 0.05) is 11.5 Å². The fourth-order valence-electron chi connectivity index (χ4n) is 3.07. The number of halogens is 2. The Hall–Kier alpha value is -2.46. The van der Waals surface area contributed by atoms with Crippen LogP contribution < -0.4 is 10.5 Å². The largest absolute Gasteiger partial charge is 0.496 e. The van der Waals surface area contributed by atoms with Crippen molar-refractivity contribution in [2.24, 2.45) is 5.73 Å². The third kappa shape index (κ3) is 3.10. The SMILES string of the molecule is COc1ccc2ccccc2c1CC(CN)c1ccc(F)c(F)c1. The molecule has 0 spiro atoms. The first-order valence-corrected chi connectivity index (χ1v) is 7.83. The zero-order valence-corrected chi connectivity index (χ0v) is 13.4. The van der Waals surface area contributed by atoms with Crippen molar-refractivity contribution >= 4 is 10.8 Å². The van der Waals surface area contributed by atoms with Gasteiger partial charge in [-0.25, -0.2) is 8.78 Å². The molecule has 3 aromatic carbocycles. The topological polar surface area (TPSA) is 35.2 Å². The molecular formula is C20H19F2NO. The van der Waals surface area contributed by atoms with Gasteiger partial charge in [-0.15, -0.1) is 0 Å². The van der Waals surface area contributed by atoms with Crippen molar-refractivity contribution in [1.82, 2.24) is 0 Å². The van der Waals surface area contributed by atoms with Gasteiger partial charge in [-0.2, -0.15) is 0 Å². The molecule has 0 amide bonds. The Kier molecular flexibility index (Phi) is 4.76. The number of ether oxygens (including phenoxy) is 1. The van der Waals surface area contributed by atoms with Crippen molar-refractivity contribution in [1.29, 1.82) is 0 Å². The first-order chi connectivity index (χ1) is 11.6. The second-order valence-corrected chi connectivity index (χ2v) is 5.78. The van der Waals surface area contributed by atoms with Gasteiger partial charge in [0.2, 0.25) is 0 Å². The molecule has 0 heterocycles. The molecule has 2 N–H and O–H groups in total. The molecule has 0 aliphatic rings. The normalized spacial score (nSPS) is 12.3. The van der Waals surface area contributed by atoms with Gasteiger partial charge in [0.15, 0.2) is 11.6 Å². The van der Waals surface area contributed by atoms with E-state index in [1.165, 1.54) is 6.07 Å². The lowest BCUT2D eigenvalue weighted by Crippen LogP contribution is -2.16. The molecule has 4 heteroatoms. The van der Waals surface area contributed by atoms with E-state index in [-0.39, 0.29) is 5.92 Å². The summed E-state index contributed by atoms with van der Waals surface area (Å²) in [7, 11) is 1.63. The molecule has 24 heavy (non-hydrogen) atoms. The lowest BCUT2D eigenvalue weighted by Gasteiger charge is -2.19. The van der Waals surface area contributed by atoms with E-state index < -0.39 is 11.6 Å². The quantitative estimate of drug-likeness (QED) is 0.753. The van der Waals surface area contributed by atoms with E-state index in [1.54, 1.807) is 13.2 Å². The van der Waals surface area contributed by atoms with Gasteiger partial charge in [0.25, 0.3) is 0 Å². The molecule has 1 atom stereocenters. The molecule has 0 bridgehead atoms. The van der Waals surface area contributed by atoms with Gasteiger partial charge in [-0.05, 0) is 47.5 Å². The lowest BCUT2D eigenvalue weighted by molar-refractivity contribution is 0.409. The molecule has 0 saturated heterocycles. The van der Waals surface area contributed by atoms with Crippen molar-refractivity contribution in [2.45, 2.75) is 12.3 Å². The maximum atomic E-state index is 13.6. The van der Waals surface area contributed by atoms with Crippen LogP contribution in [0.5, 0.6) is 5.75 Å². The van der Waals surface area contributed by atoms with Gasteiger partial charge in [-0.1, -0.05) is 36.4 Å². The standard InChI is InChI=1S/C20H19F2NO/c1-24-20-9-7-13-4-2-3-5-16(13)17(20)10-15(12-23)14-6-8-18(21)19(22)11-14/h2-9,11,15H,10,12,23H2,1H3. The molecule has 0 saturated carbocycles. The molecule has 3 rings (SSSR count). The highest BCUT2D eigenvalue weighted by atomic mass is 19.2. The van der Waals surface area contributed by atoms with Gasteiger partial charge >= 0.3 is 0 Å². The molecule has 3 aromatic rings. The zero-order chi connectivity index (χ0) is 17.1. The van der Waals surface area contributed by atoms with Crippen LogP contribution >= 0.6 is 0 Å². The van der Waals surface area contributed by atoms with Crippen LogP contribution in [0.15, 0.2) is 54.6 Å². The highest BCUT2D eigenvalue weighted by Crippen LogP contribution is 2.32. The van der Waals surface area contributed by atoms with E-state index in [0.717, 1.165) is 28.2 Å². The summed E-state index contributed by atoms with van der Waals surface area (Å²) in [4.78, 5) is 0. The molecule has 2 nitrogen and oxygen atoms in total. The Bertz CT molecular complexity index is 863. The maximum Gasteiger partial charge on any atom is 0.159 e. The number of benzene rings is 3. The van der Waals surface area contributed by atoms with Crippen LogP contribution in [0.1, 0.15) is 17.0 Å². The van der Waals surface area contributed by atoms with Crippen molar-refractivity contribution in [3.8, 4) is 5.75 Å². The van der Waals surface area contributed by atoms with Crippen molar-refractivity contribution in [3.05, 3.63) is 77.4 Å². The third-order valence-corrected chi connectivity index (χ3v) is 4.37. The van der Waals surface area contributed by atoms with Crippen LogP contribution in [-0.4, -0.2) is 13.7 Å². The fraction of sp³-hybridized carbons (Fsp3) is 0.200. The zero-order valence-electron chi connectivity index (χ0n) is 13.4. The first kappa shape index (κ1) is 16.4. The number of hydrogen-bond donors (Lipinski definition) is 1. The molecule has 0 fully saturated rings. The number of fused-ring (bicyclic) bond motifs is 1. The number of rotatable bonds is 5. The Balaban J connectivity index is 2.04. The molecule has 0 aromatic heterocycles. The van der Waals surface area contributed by atoms with Crippen molar-refractivity contribution in [2.75, 3.05) is 13.7 Å². The van der Waals surface area contributed by atoms with Crippen LogP contribution in [0.3, 0.4) is 0 Å². The summed E-state index contributed by atoms with van der Waals surface area (Å²) < 4.78 is 32.3. The summed E-state index contributed by atoms with van der Waals surface area (Å²) in [6.45, 7) is 0.331. The predicted molar refractivity (Wildman–Crippen MR) is 92.4 cm³/mol. The summed E-state index contributed by atoms with van der Waals surface area (Å²) in [6, 6.07) is 15.9. The molecular weight excluding hydrogens is 308 g/mol. The third-order valence-electron chi connectivity index (χ3n) is 4.37. The van der Waals surface area contributed by atoms with Crippen LogP contribution in [-0.2, 0) is 6.42 Å². The van der Waals surface area contributed by atoms with Gasteiger partial charge in [0.1, 0.15) is 5.75 Å². The van der Waals surface area contributed by atoms with Gasteiger partial charge in [0.05, 0.1) is 7.11 Å². The van der Waals surface area contributed by atoms with E-state index >= 15 is 0 Å². The summed E-state index contributed by atoms with van der Waals surface area (Å²) in [6.07, 6.45) is 0.589.